The van der Waals surface area contributed by atoms with Gasteiger partial charge in [-0.05, 0) is 37.3 Å². The highest BCUT2D eigenvalue weighted by Gasteiger charge is 2.12. The van der Waals surface area contributed by atoms with Gasteiger partial charge in [-0.2, -0.15) is 0 Å². The number of carbonyl (C=O) groups is 1. The molecule has 2 aromatic rings. The molecule has 5 heteroatoms. The van der Waals surface area contributed by atoms with Crippen molar-refractivity contribution in [3.8, 4) is 11.5 Å². The summed E-state index contributed by atoms with van der Waals surface area (Å²) in [6.07, 6.45) is 0. The maximum atomic E-state index is 11.6. The van der Waals surface area contributed by atoms with Crippen molar-refractivity contribution < 1.29 is 9.53 Å². The van der Waals surface area contributed by atoms with E-state index >= 15 is 0 Å². The zero-order chi connectivity index (χ0) is 14.0. The maximum Gasteiger partial charge on any atom is 0.163 e. The van der Waals surface area contributed by atoms with E-state index in [1.807, 2.05) is 0 Å². The minimum Gasteiger partial charge on any atom is -0.455 e. The van der Waals surface area contributed by atoms with Crippen molar-refractivity contribution in [2.24, 2.45) is 0 Å². The van der Waals surface area contributed by atoms with Crippen LogP contribution in [0, 0.1) is 0 Å². The Hall–Kier alpha value is -1.03. The Balaban J connectivity index is 2.45. The Morgan fingerprint density at radius 1 is 1.11 bits per heavy atom. The van der Waals surface area contributed by atoms with Crippen molar-refractivity contribution >= 4 is 44.9 Å². The fourth-order valence-electron chi connectivity index (χ4n) is 1.55. The van der Waals surface area contributed by atoms with Crippen molar-refractivity contribution in [1.82, 2.24) is 0 Å². The van der Waals surface area contributed by atoms with Crippen molar-refractivity contribution in [2.45, 2.75) is 6.92 Å². The molecule has 0 fully saturated rings. The van der Waals surface area contributed by atoms with Crippen molar-refractivity contribution in [1.29, 1.82) is 0 Å². The minimum atomic E-state index is -0.0827. The molecule has 0 aliphatic carbocycles. The van der Waals surface area contributed by atoms with Gasteiger partial charge in [-0.3, -0.25) is 4.79 Å². The average molecular weight is 360 g/mol. The molecule has 0 amide bonds. The fraction of sp³-hybridized carbons (Fsp3) is 0.0714. The zero-order valence-corrected chi connectivity index (χ0v) is 13.0. The predicted molar refractivity (Wildman–Crippen MR) is 80.7 cm³/mol. The fourth-order valence-corrected chi connectivity index (χ4v) is 2.20. The summed E-state index contributed by atoms with van der Waals surface area (Å²) in [5.74, 6) is 0.765. The molecule has 2 nitrogen and oxygen atoms in total. The van der Waals surface area contributed by atoms with Gasteiger partial charge in [-0.25, -0.2) is 0 Å². The summed E-state index contributed by atoms with van der Waals surface area (Å²) in [7, 11) is 0. The second-order valence-corrected chi connectivity index (χ2v) is 5.63. The van der Waals surface area contributed by atoms with Gasteiger partial charge in [0.1, 0.15) is 11.5 Å². The molecular weight excluding hydrogens is 351 g/mol. The number of ketones is 1. The van der Waals surface area contributed by atoms with Crippen LogP contribution in [0.3, 0.4) is 0 Å². The second-order valence-electron chi connectivity index (χ2n) is 3.87. The number of rotatable bonds is 3. The van der Waals surface area contributed by atoms with Gasteiger partial charge in [0, 0.05) is 15.6 Å². The van der Waals surface area contributed by atoms with Gasteiger partial charge in [0.2, 0.25) is 0 Å². The van der Waals surface area contributed by atoms with Crippen molar-refractivity contribution in [2.75, 3.05) is 0 Å². The third-order valence-electron chi connectivity index (χ3n) is 2.44. The van der Waals surface area contributed by atoms with E-state index < -0.39 is 0 Å². The summed E-state index contributed by atoms with van der Waals surface area (Å²) in [6, 6.07) is 10.1. The van der Waals surface area contributed by atoms with Gasteiger partial charge >= 0.3 is 0 Å². The van der Waals surface area contributed by atoms with Gasteiger partial charge < -0.3 is 4.74 Å². The van der Waals surface area contributed by atoms with Crippen LogP contribution in [-0.2, 0) is 0 Å². The third kappa shape index (κ3) is 3.50. The summed E-state index contributed by atoms with van der Waals surface area (Å²) >= 11 is 15.3. The molecule has 0 aliphatic heterocycles. The van der Waals surface area contributed by atoms with Crippen LogP contribution in [0.25, 0.3) is 0 Å². The summed E-state index contributed by atoms with van der Waals surface area (Å²) in [6.45, 7) is 1.48. The number of halogens is 3. The first-order valence-corrected chi connectivity index (χ1v) is 6.95. The van der Waals surface area contributed by atoms with Gasteiger partial charge in [-0.15, -0.1) is 0 Å². The van der Waals surface area contributed by atoms with Crippen LogP contribution in [-0.4, -0.2) is 5.78 Å². The smallest absolute Gasteiger partial charge is 0.163 e. The Bertz CT molecular complexity index is 641. The van der Waals surface area contributed by atoms with Crippen LogP contribution in [0.5, 0.6) is 11.5 Å². The summed E-state index contributed by atoms with van der Waals surface area (Å²) in [4.78, 5) is 11.6. The molecule has 0 saturated carbocycles. The maximum absolute atomic E-state index is 11.6. The van der Waals surface area contributed by atoms with Crippen LogP contribution in [0.15, 0.2) is 40.9 Å². The number of hydrogen-bond acceptors (Lipinski definition) is 2. The van der Waals surface area contributed by atoms with Crippen LogP contribution < -0.4 is 4.74 Å². The minimum absolute atomic E-state index is 0.0827. The quantitative estimate of drug-likeness (QED) is 0.652. The molecule has 0 aromatic heterocycles. The van der Waals surface area contributed by atoms with E-state index in [0.717, 1.165) is 4.47 Å². The molecule has 0 radical (unpaired) electrons. The monoisotopic (exact) mass is 358 g/mol. The Labute approximate surface area is 129 Å². The van der Waals surface area contributed by atoms with E-state index in [4.69, 9.17) is 27.9 Å². The lowest BCUT2D eigenvalue weighted by Gasteiger charge is -2.11. The lowest BCUT2D eigenvalue weighted by Crippen LogP contribution is -1.97. The van der Waals surface area contributed by atoms with Crippen LogP contribution in [0.1, 0.15) is 17.3 Å². The SMILES string of the molecule is CC(=O)c1ccc(Br)cc1Oc1cc(Cl)ccc1Cl. The Morgan fingerprint density at radius 2 is 1.84 bits per heavy atom. The topological polar surface area (TPSA) is 26.3 Å². The number of carbonyl (C=O) groups excluding carboxylic acids is 1. The molecule has 0 aliphatic rings. The normalized spacial score (nSPS) is 10.3. The van der Waals surface area contributed by atoms with E-state index in [1.165, 1.54) is 6.92 Å². The number of benzene rings is 2. The Kier molecular flexibility index (Phi) is 4.50. The molecule has 98 valence electrons. The largest absolute Gasteiger partial charge is 0.455 e. The van der Waals surface area contributed by atoms with Gasteiger partial charge in [-0.1, -0.05) is 39.1 Å². The predicted octanol–water partition coefficient (Wildman–Crippen LogP) is 5.75. The number of hydrogen-bond donors (Lipinski definition) is 0. The lowest BCUT2D eigenvalue weighted by atomic mass is 10.1. The molecule has 0 heterocycles. The van der Waals surface area contributed by atoms with Crippen molar-refractivity contribution in [3.05, 3.63) is 56.5 Å². The number of ether oxygens (including phenoxy) is 1. The molecule has 0 unspecified atom stereocenters. The summed E-state index contributed by atoms with van der Waals surface area (Å²) in [5.41, 5.74) is 0.485. The van der Waals surface area contributed by atoms with Crippen LogP contribution in [0.2, 0.25) is 10.0 Å². The molecule has 19 heavy (non-hydrogen) atoms. The molecule has 0 saturated heterocycles. The van der Waals surface area contributed by atoms with E-state index in [9.17, 15) is 4.79 Å². The van der Waals surface area contributed by atoms with Crippen molar-refractivity contribution in [3.63, 3.8) is 0 Å². The van der Waals surface area contributed by atoms with Gasteiger partial charge in [0.25, 0.3) is 0 Å². The van der Waals surface area contributed by atoms with Crippen LogP contribution in [0.4, 0.5) is 0 Å². The summed E-state index contributed by atoms with van der Waals surface area (Å²) in [5, 5.41) is 0.942. The first kappa shape index (κ1) is 14.4. The van der Waals surface area contributed by atoms with E-state index in [2.05, 4.69) is 15.9 Å². The zero-order valence-electron chi connectivity index (χ0n) is 9.91. The highest BCUT2D eigenvalue weighted by Crippen LogP contribution is 2.34. The first-order valence-electron chi connectivity index (χ1n) is 5.41. The van der Waals surface area contributed by atoms with Gasteiger partial charge in [0.05, 0.1) is 10.6 Å². The van der Waals surface area contributed by atoms with E-state index in [-0.39, 0.29) is 5.78 Å². The van der Waals surface area contributed by atoms with Gasteiger partial charge in [0.15, 0.2) is 5.78 Å². The highest BCUT2D eigenvalue weighted by atomic mass is 79.9. The average Bonchev–Trinajstić information content (AvgIpc) is 2.33. The lowest BCUT2D eigenvalue weighted by molar-refractivity contribution is 0.101. The standard InChI is InChI=1S/C14H9BrCl2O2/c1-8(18)11-4-2-9(15)6-13(11)19-14-7-10(16)3-5-12(14)17/h2-7H,1H3. The molecule has 0 N–H and O–H groups in total. The number of Topliss-reactive ketones (excluding diaryl/α,β-unsaturated/α-hetero) is 1. The highest BCUT2D eigenvalue weighted by molar-refractivity contribution is 9.10. The Morgan fingerprint density at radius 3 is 2.53 bits per heavy atom. The second kappa shape index (κ2) is 5.95. The molecule has 0 atom stereocenters. The molecule has 0 bridgehead atoms. The summed E-state index contributed by atoms with van der Waals surface area (Å²) < 4.78 is 6.51. The molecule has 2 aromatic carbocycles. The van der Waals surface area contributed by atoms with E-state index in [0.29, 0.717) is 27.1 Å². The molecule has 2 rings (SSSR count). The van der Waals surface area contributed by atoms with Crippen LogP contribution >= 0.6 is 39.1 Å². The van der Waals surface area contributed by atoms with E-state index in [1.54, 1.807) is 36.4 Å². The molecular formula is C14H9BrCl2O2. The first-order chi connectivity index (χ1) is 8.97. The molecule has 0 spiro atoms. The third-order valence-corrected chi connectivity index (χ3v) is 3.48.